The Bertz CT molecular complexity index is 1190. The molecule has 0 unspecified atom stereocenters. The Kier molecular flexibility index (Phi) is 8.85. The number of benzene rings is 1. The van der Waals surface area contributed by atoms with Crippen LogP contribution in [0.15, 0.2) is 40.4 Å². The number of carbonyl (C=O) groups excluding carboxylic acids is 1. The fourth-order valence-corrected chi connectivity index (χ4v) is 4.76. The number of piperazine rings is 1. The lowest BCUT2D eigenvalue weighted by atomic mass is 10.2. The molecule has 2 aromatic heterocycles. The molecule has 0 radical (unpaired) electrons. The van der Waals surface area contributed by atoms with Crippen LogP contribution in [0.5, 0.6) is 5.75 Å². The van der Waals surface area contributed by atoms with Crippen molar-refractivity contribution in [3.63, 3.8) is 0 Å². The highest BCUT2D eigenvalue weighted by atomic mass is 32.2. The van der Waals surface area contributed by atoms with Crippen LogP contribution in [0.4, 0.5) is 17.5 Å². The zero-order chi connectivity index (χ0) is 26.4. The number of carbonyl (C=O) groups is 1. The lowest BCUT2D eigenvalue weighted by Gasteiger charge is -2.36. The van der Waals surface area contributed by atoms with E-state index in [1.54, 1.807) is 26.3 Å². The average molecular weight is 526 g/mol. The van der Waals surface area contributed by atoms with E-state index in [-0.39, 0.29) is 5.91 Å². The van der Waals surface area contributed by atoms with Crippen molar-refractivity contribution in [2.75, 3.05) is 77.7 Å². The first kappa shape index (κ1) is 26.7. The van der Waals surface area contributed by atoms with Gasteiger partial charge in [-0.25, -0.2) is 9.97 Å². The molecular formula is C25H35N9O2S. The molecule has 1 fully saturated rings. The molecule has 0 spiro atoms. The first-order chi connectivity index (χ1) is 17.9. The Balaban J connectivity index is 1.61. The number of hydrogen-bond donors (Lipinski definition) is 3. The first-order valence-corrected chi connectivity index (χ1v) is 13.0. The van der Waals surface area contributed by atoms with Crippen molar-refractivity contribution in [2.45, 2.75) is 17.0 Å². The summed E-state index contributed by atoms with van der Waals surface area (Å²) >= 11 is 1.43. The molecule has 12 heteroatoms. The molecule has 0 atom stereocenters. The summed E-state index contributed by atoms with van der Waals surface area (Å²) in [6.45, 7) is 7.60. The summed E-state index contributed by atoms with van der Waals surface area (Å²) in [5, 5.41) is 13.8. The Morgan fingerprint density at radius 1 is 1.16 bits per heavy atom. The highest BCUT2D eigenvalue weighted by Gasteiger charge is 2.25. The fraction of sp³-hybridized carbons (Fsp3) is 0.440. The minimum absolute atomic E-state index is 0.120. The number of nitrogens with zero attached hydrogens (tertiary/aromatic N) is 6. The lowest BCUT2D eigenvalue weighted by molar-refractivity contribution is 0.0963. The Hall–Kier alpha value is -3.35. The Labute approximate surface area is 222 Å². The van der Waals surface area contributed by atoms with E-state index in [2.05, 4.69) is 49.6 Å². The van der Waals surface area contributed by atoms with Gasteiger partial charge >= 0.3 is 0 Å². The second kappa shape index (κ2) is 12.3. The van der Waals surface area contributed by atoms with Gasteiger partial charge < -0.3 is 25.2 Å². The van der Waals surface area contributed by atoms with Crippen molar-refractivity contribution in [2.24, 2.45) is 0 Å². The largest absolute Gasteiger partial charge is 0.490 e. The number of rotatable bonds is 10. The lowest BCUT2D eigenvalue weighted by Crippen LogP contribution is -2.48. The van der Waals surface area contributed by atoms with Gasteiger partial charge in [0, 0.05) is 68.5 Å². The third-order valence-electron chi connectivity index (χ3n) is 6.07. The maximum atomic E-state index is 11.9. The third-order valence-corrected chi connectivity index (χ3v) is 6.94. The number of amides is 1. The van der Waals surface area contributed by atoms with Crippen LogP contribution >= 0.6 is 11.8 Å². The van der Waals surface area contributed by atoms with Gasteiger partial charge in [-0.1, -0.05) is 0 Å². The Morgan fingerprint density at radius 3 is 2.49 bits per heavy atom. The number of aromatic nitrogens is 4. The first-order valence-electron chi connectivity index (χ1n) is 12.2. The van der Waals surface area contributed by atoms with E-state index in [4.69, 9.17) is 14.7 Å². The van der Waals surface area contributed by atoms with Gasteiger partial charge in [0.15, 0.2) is 22.6 Å². The molecule has 1 saturated heterocycles. The fourth-order valence-electron chi connectivity index (χ4n) is 4.00. The predicted octanol–water partition coefficient (Wildman–Crippen LogP) is 2.45. The zero-order valence-electron chi connectivity index (χ0n) is 22.0. The molecule has 0 aliphatic carbocycles. The maximum absolute atomic E-state index is 11.9. The van der Waals surface area contributed by atoms with Crippen molar-refractivity contribution in [3.8, 4) is 5.75 Å². The normalized spacial score (nSPS) is 14.2. The van der Waals surface area contributed by atoms with Crippen LogP contribution in [0, 0.1) is 6.92 Å². The van der Waals surface area contributed by atoms with Crippen molar-refractivity contribution < 1.29 is 9.53 Å². The molecule has 3 N–H and O–H groups in total. The van der Waals surface area contributed by atoms with E-state index < -0.39 is 0 Å². The maximum Gasteiger partial charge on any atom is 0.251 e. The molecule has 11 nitrogen and oxygen atoms in total. The van der Waals surface area contributed by atoms with Gasteiger partial charge in [-0.3, -0.25) is 14.8 Å². The van der Waals surface area contributed by atoms with Crippen LogP contribution in [-0.4, -0.2) is 103 Å². The van der Waals surface area contributed by atoms with Gasteiger partial charge in [0.1, 0.15) is 0 Å². The van der Waals surface area contributed by atoms with Crippen LogP contribution in [0.25, 0.3) is 0 Å². The summed E-state index contributed by atoms with van der Waals surface area (Å²) in [7, 11) is 7.46. The predicted molar refractivity (Wildman–Crippen MR) is 146 cm³/mol. The van der Waals surface area contributed by atoms with E-state index in [1.165, 1.54) is 11.8 Å². The number of ether oxygens (including phenoxy) is 1. The van der Waals surface area contributed by atoms with Crippen molar-refractivity contribution in [3.05, 3.63) is 41.6 Å². The van der Waals surface area contributed by atoms with Crippen LogP contribution < -0.4 is 20.3 Å². The molecule has 37 heavy (non-hydrogen) atoms. The van der Waals surface area contributed by atoms with E-state index in [1.807, 2.05) is 25.1 Å². The number of aryl methyl sites for hydroxylation is 1. The topological polar surface area (TPSA) is 115 Å². The smallest absolute Gasteiger partial charge is 0.251 e. The second-order valence-corrected chi connectivity index (χ2v) is 10.2. The number of anilines is 3. The summed E-state index contributed by atoms with van der Waals surface area (Å²) in [6, 6.07) is 9.30. The van der Waals surface area contributed by atoms with Crippen LogP contribution in [0.2, 0.25) is 0 Å². The number of likely N-dealkylation sites (N-methyl/N-ethyl adjacent to an activating group) is 1. The van der Waals surface area contributed by atoms with Crippen molar-refractivity contribution in [1.82, 2.24) is 35.3 Å². The number of hydrogen-bond acceptors (Lipinski definition) is 10. The molecule has 0 saturated carbocycles. The van der Waals surface area contributed by atoms with Gasteiger partial charge in [-0.15, -0.1) is 0 Å². The highest BCUT2D eigenvalue weighted by Crippen LogP contribution is 2.38. The third kappa shape index (κ3) is 6.90. The van der Waals surface area contributed by atoms with E-state index in [9.17, 15) is 4.79 Å². The summed E-state index contributed by atoms with van der Waals surface area (Å²) < 4.78 is 5.83. The van der Waals surface area contributed by atoms with E-state index >= 15 is 0 Å². The molecule has 1 aliphatic rings. The van der Waals surface area contributed by atoms with Gasteiger partial charge in [0.25, 0.3) is 5.91 Å². The zero-order valence-corrected chi connectivity index (χ0v) is 22.9. The standard InChI is InChI=1S/C25H35N9O2S/c1-17-16-20(31-30-17)27-22-21(36-5)23(34-14-12-33(13-15-34)11-10-32(3)4)29-25(28-22)37-19-8-6-18(7-9-19)24(35)26-2/h6-9,16H,10-15H2,1-5H3,(H,26,35)(H2,27,28,29,30,31). The number of nitrogens with one attached hydrogen (secondary N) is 3. The van der Waals surface area contributed by atoms with Gasteiger partial charge in [0.05, 0.1) is 7.11 Å². The van der Waals surface area contributed by atoms with Gasteiger partial charge in [-0.2, -0.15) is 5.10 Å². The highest BCUT2D eigenvalue weighted by molar-refractivity contribution is 7.99. The summed E-state index contributed by atoms with van der Waals surface area (Å²) in [6.07, 6.45) is 0. The Morgan fingerprint density at radius 2 is 1.89 bits per heavy atom. The van der Waals surface area contributed by atoms with Crippen LogP contribution in [-0.2, 0) is 0 Å². The molecule has 3 heterocycles. The minimum atomic E-state index is -0.120. The minimum Gasteiger partial charge on any atom is -0.490 e. The number of aromatic amines is 1. The van der Waals surface area contributed by atoms with Crippen molar-refractivity contribution >= 4 is 35.1 Å². The summed E-state index contributed by atoms with van der Waals surface area (Å²) in [5.74, 6) is 2.43. The molecule has 198 valence electrons. The van der Waals surface area contributed by atoms with E-state index in [0.29, 0.717) is 28.1 Å². The molecule has 1 aliphatic heterocycles. The average Bonchev–Trinajstić information content (AvgIpc) is 3.31. The van der Waals surface area contributed by atoms with Crippen LogP contribution in [0.1, 0.15) is 16.1 Å². The number of methoxy groups -OCH3 is 1. The monoisotopic (exact) mass is 525 g/mol. The van der Waals surface area contributed by atoms with E-state index in [0.717, 1.165) is 55.7 Å². The van der Waals surface area contributed by atoms with Crippen LogP contribution in [0.3, 0.4) is 0 Å². The SMILES string of the molecule is CNC(=O)c1ccc(Sc2nc(Nc3cc(C)[nH]n3)c(OC)c(N3CCN(CCN(C)C)CC3)n2)cc1. The summed E-state index contributed by atoms with van der Waals surface area (Å²) in [4.78, 5) is 29.5. The molecule has 4 rings (SSSR count). The van der Waals surface area contributed by atoms with Gasteiger partial charge in [0.2, 0.25) is 5.75 Å². The van der Waals surface area contributed by atoms with Gasteiger partial charge in [-0.05, 0) is 57.0 Å². The molecule has 1 aromatic carbocycles. The molecule has 3 aromatic rings. The molecule has 1 amide bonds. The number of H-pyrrole nitrogens is 1. The quantitative estimate of drug-likeness (QED) is 0.341. The molecular weight excluding hydrogens is 490 g/mol. The second-order valence-electron chi connectivity index (χ2n) is 9.11. The summed E-state index contributed by atoms with van der Waals surface area (Å²) in [5.41, 5.74) is 1.54. The van der Waals surface area contributed by atoms with Crippen molar-refractivity contribution in [1.29, 1.82) is 0 Å². The molecule has 0 bridgehead atoms.